The van der Waals surface area contributed by atoms with Crippen molar-refractivity contribution in [1.82, 2.24) is 0 Å². The van der Waals surface area contributed by atoms with Gasteiger partial charge in [0.2, 0.25) is 0 Å². The van der Waals surface area contributed by atoms with Gasteiger partial charge >= 0.3 is 0 Å². The van der Waals surface area contributed by atoms with E-state index in [9.17, 15) is 4.79 Å². The van der Waals surface area contributed by atoms with E-state index in [0.29, 0.717) is 26.1 Å². The predicted octanol–water partition coefficient (Wildman–Crippen LogP) is 3.27. The minimum absolute atomic E-state index is 0.128. The fraction of sp³-hybridized carbons (Fsp3) is 0.722. The molecule has 124 valence electrons. The number of carbonyl (C=O) groups excluding carboxylic acids is 1. The Labute approximate surface area is 133 Å². The van der Waals surface area contributed by atoms with Crippen LogP contribution in [0.1, 0.15) is 39.5 Å². The smallest absolute Gasteiger partial charge is 0.165 e. The Morgan fingerprint density at radius 3 is 2.50 bits per heavy atom. The van der Waals surface area contributed by atoms with Gasteiger partial charge in [0.1, 0.15) is 5.78 Å². The average Bonchev–Trinajstić information content (AvgIpc) is 2.48. The van der Waals surface area contributed by atoms with Crippen LogP contribution in [0.15, 0.2) is 25.3 Å². The first-order valence-corrected chi connectivity index (χ1v) is 8.28. The van der Waals surface area contributed by atoms with E-state index < -0.39 is 11.9 Å². The van der Waals surface area contributed by atoms with Crippen LogP contribution in [-0.2, 0) is 19.0 Å². The van der Waals surface area contributed by atoms with Crippen molar-refractivity contribution in [1.29, 1.82) is 0 Å². The molecule has 5 unspecified atom stereocenters. The third-order valence-corrected chi connectivity index (χ3v) is 4.85. The Morgan fingerprint density at radius 2 is 1.91 bits per heavy atom. The van der Waals surface area contributed by atoms with Crippen LogP contribution < -0.4 is 0 Å². The van der Waals surface area contributed by atoms with Gasteiger partial charge in [0.25, 0.3) is 0 Å². The largest absolute Gasteiger partial charge is 0.378 e. The summed E-state index contributed by atoms with van der Waals surface area (Å²) in [6, 6.07) is 0. The van der Waals surface area contributed by atoms with Gasteiger partial charge < -0.3 is 14.2 Å². The van der Waals surface area contributed by atoms with Gasteiger partial charge in [-0.15, -0.1) is 13.2 Å². The summed E-state index contributed by atoms with van der Waals surface area (Å²) < 4.78 is 17.7. The van der Waals surface area contributed by atoms with Gasteiger partial charge in [-0.05, 0) is 26.7 Å². The van der Waals surface area contributed by atoms with Gasteiger partial charge in [-0.1, -0.05) is 12.2 Å². The third-order valence-electron chi connectivity index (χ3n) is 4.85. The van der Waals surface area contributed by atoms with Crippen LogP contribution in [0.2, 0.25) is 0 Å². The van der Waals surface area contributed by atoms with E-state index in [-0.39, 0.29) is 23.7 Å². The van der Waals surface area contributed by atoms with E-state index in [1.807, 2.05) is 26.0 Å². The molecule has 22 heavy (non-hydrogen) atoms. The van der Waals surface area contributed by atoms with Crippen molar-refractivity contribution < 1.29 is 19.0 Å². The maximum absolute atomic E-state index is 12.6. The first-order chi connectivity index (χ1) is 10.6. The number of ether oxygens (including phenoxy) is 3. The molecule has 0 aromatic heterocycles. The van der Waals surface area contributed by atoms with Gasteiger partial charge in [0.15, 0.2) is 6.29 Å². The number of carbonyl (C=O) groups is 1. The molecule has 5 atom stereocenters. The Morgan fingerprint density at radius 1 is 1.23 bits per heavy atom. The Kier molecular flexibility index (Phi) is 5.95. The van der Waals surface area contributed by atoms with E-state index in [2.05, 4.69) is 13.2 Å². The zero-order valence-electron chi connectivity index (χ0n) is 13.8. The highest BCUT2D eigenvalue weighted by Crippen LogP contribution is 2.54. The van der Waals surface area contributed by atoms with Gasteiger partial charge in [-0.2, -0.15) is 0 Å². The zero-order chi connectivity index (χ0) is 16.2. The summed E-state index contributed by atoms with van der Waals surface area (Å²) >= 11 is 0. The molecule has 0 radical (unpaired) electrons. The molecule has 0 amide bonds. The van der Waals surface area contributed by atoms with E-state index in [4.69, 9.17) is 14.2 Å². The first-order valence-electron chi connectivity index (χ1n) is 8.28. The van der Waals surface area contributed by atoms with Crippen molar-refractivity contribution in [3.8, 4) is 0 Å². The average molecular weight is 308 g/mol. The predicted molar refractivity (Wildman–Crippen MR) is 85.5 cm³/mol. The normalized spacial score (nSPS) is 37.8. The Balaban J connectivity index is 2.25. The molecule has 2 rings (SSSR count). The summed E-state index contributed by atoms with van der Waals surface area (Å²) in [6.45, 7) is 12.8. The van der Waals surface area contributed by atoms with Crippen molar-refractivity contribution in [3.05, 3.63) is 25.3 Å². The number of hydrogen-bond donors (Lipinski definition) is 0. The fourth-order valence-electron chi connectivity index (χ4n) is 3.94. The highest BCUT2D eigenvalue weighted by molar-refractivity contribution is 5.84. The lowest BCUT2D eigenvalue weighted by molar-refractivity contribution is -0.315. The SMILES string of the molecule is C=CCC1C(=O)CC(OCC)OC12CC(OCC)C2CC=C. The maximum atomic E-state index is 12.6. The van der Waals surface area contributed by atoms with Crippen LogP contribution >= 0.6 is 0 Å². The number of ketones is 1. The zero-order valence-corrected chi connectivity index (χ0v) is 13.8. The fourth-order valence-corrected chi connectivity index (χ4v) is 3.94. The molecule has 4 heteroatoms. The van der Waals surface area contributed by atoms with Crippen molar-refractivity contribution in [3.63, 3.8) is 0 Å². The van der Waals surface area contributed by atoms with Gasteiger partial charge in [0.05, 0.1) is 24.0 Å². The molecule has 0 N–H and O–H groups in total. The van der Waals surface area contributed by atoms with Crippen LogP contribution in [-0.4, -0.2) is 37.0 Å². The summed E-state index contributed by atoms with van der Waals surface area (Å²) in [5.41, 5.74) is -0.489. The Bertz CT molecular complexity index is 419. The molecule has 0 aromatic rings. The van der Waals surface area contributed by atoms with E-state index in [0.717, 1.165) is 12.8 Å². The van der Waals surface area contributed by atoms with E-state index in [1.54, 1.807) is 0 Å². The van der Waals surface area contributed by atoms with Crippen LogP contribution in [0.25, 0.3) is 0 Å². The van der Waals surface area contributed by atoms with Gasteiger partial charge in [-0.3, -0.25) is 4.79 Å². The summed E-state index contributed by atoms with van der Waals surface area (Å²) in [6.07, 6.45) is 5.89. The standard InChI is InChI=1S/C18H28O4/c1-5-9-13-15(19)11-17(21-8-4)22-18(13)12-16(20-7-3)14(18)10-6-2/h5-6,13-14,16-17H,1-2,7-12H2,3-4H3. The molecule has 0 aromatic carbocycles. The highest BCUT2D eigenvalue weighted by atomic mass is 16.7. The van der Waals surface area contributed by atoms with Crippen LogP contribution in [0.4, 0.5) is 0 Å². The second-order valence-corrected chi connectivity index (χ2v) is 6.03. The minimum Gasteiger partial charge on any atom is -0.378 e. The molecule has 0 bridgehead atoms. The molecule has 1 aliphatic heterocycles. The lowest BCUT2D eigenvalue weighted by Crippen LogP contribution is -2.68. The molecule has 1 saturated heterocycles. The Hall–Kier alpha value is -0.970. The minimum atomic E-state index is -0.489. The summed E-state index contributed by atoms with van der Waals surface area (Å²) in [7, 11) is 0. The van der Waals surface area contributed by atoms with Crippen LogP contribution in [0.5, 0.6) is 0 Å². The summed E-state index contributed by atoms with van der Waals surface area (Å²) in [5, 5.41) is 0. The van der Waals surface area contributed by atoms with Crippen molar-refractivity contribution in [2.24, 2.45) is 11.8 Å². The second kappa shape index (κ2) is 7.53. The van der Waals surface area contributed by atoms with Crippen molar-refractivity contribution in [2.75, 3.05) is 13.2 Å². The van der Waals surface area contributed by atoms with Crippen LogP contribution in [0.3, 0.4) is 0 Å². The molecule has 2 aliphatic rings. The first kappa shape index (κ1) is 17.4. The van der Waals surface area contributed by atoms with Crippen molar-refractivity contribution in [2.45, 2.75) is 57.5 Å². The topological polar surface area (TPSA) is 44.8 Å². The monoisotopic (exact) mass is 308 g/mol. The van der Waals surface area contributed by atoms with E-state index in [1.165, 1.54) is 0 Å². The lowest BCUT2D eigenvalue weighted by Gasteiger charge is -2.59. The molecule has 4 nitrogen and oxygen atoms in total. The lowest BCUT2D eigenvalue weighted by atomic mass is 9.56. The number of hydrogen-bond acceptors (Lipinski definition) is 4. The number of rotatable bonds is 8. The third kappa shape index (κ3) is 3.05. The number of Topliss-reactive ketones (excluding diaryl/α,β-unsaturated/α-hetero) is 1. The molecule has 1 spiro atoms. The van der Waals surface area contributed by atoms with Gasteiger partial charge in [0, 0.05) is 25.6 Å². The second-order valence-electron chi connectivity index (χ2n) is 6.03. The maximum Gasteiger partial charge on any atom is 0.165 e. The van der Waals surface area contributed by atoms with Gasteiger partial charge in [-0.25, -0.2) is 0 Å². The summed E-state index contributed by atoms with van der Waals surface area (Å²) in [4.78, 5) is 12.6. The van der Waals surface area contributed by atoms with Crippen molar-refractivity contribution >= 4 is 5.78 Å². The molecule has 1 heterocycles. The van der Waals surface area contributed by atoms with E-state index >= 15 is 0 Å². The summed E-state index contributed by atoms with van der Waals surface area (Å²) in [5.74, 6) is 0.221. The number of allylic oxidation sites excluding steroid dienone is 2. The molecular weight excluding hydrogens is 280 g/mol. The molecule has 2 fully saturated rings. The molecular formula is C18H28O4. The van der Waals surface area contributed by atoms with Crippen LogP contribution in [0, 0.1) is 11.8 Å². The molecule has 1 saturated carbocycles. The highest BCUT2D eigenvalue weighted by Gasteiger charge is 2.63. The molecule has 1 aliphatic carbocycles. The quantitative estimate of drug-likeness (QED) is 0.646.